The molecule has 0 spiro atoms. The summed E-state index contributed by atoms with van der Waals surface area (Å²) in [5.74, 6) is 1.61. The van der Waals surface area contributed by atoms with Crippen molar-refractivity contribution in [3.8, 4) is 0 Å². The van der Waals surface area contributed by atoms with E-state index in [1.807, 2.05) is 0 Å². The van der Waals surface area contributed by atoms with Gasteiger partial charge < -0.3 is 15.5 Å². The molecule has 4 rings (SSSR count). The van der Waals surface area contributed by atoms with Gasteiger partial charge in [-0.2, -0.15) is 0 Å². The van der Waals surface area contributed by atoms with Gasteiger partial charge in [0.1, 0.15) is 0 Å². The molecule has 8 unspecified atom stereocenters. The summed E-state index contributed by atoms with van der Waals surface area (Å²) in [6.07, 6.45) is 22.0. The molecule has 4 saturated carbocycles. The third-order valence-corrected chi connectivity index (χ3v) is 9.33. The zero-order chi connectivity index (χ0) is 23.6. The van der Waals surface area contributed by atoms with Gasteiger partial charge in [-0.05, 0) is 32.0 Å². The average molecular weight is 534 g/mol. The van der Waals surface area contributed by atoms with Gasteiger partial charge in [-0.3, -0.25) is 0 Å². The van der Waals surface area contributed by atoms with E-state index in [-0.39, 0.29) is 0 Å². The van der Waals surface area contributed by atoms with Crippen LogP contribution in [0.5, 0.6) is 0 Å². The monoisotopic (exact) mass is 533 g/mol. The third-order valence-electron chi connectivity index (χ3n) is 9.33. The van der Waals surface area contributed by atoms with E-state index in [0.29, 0.717) is 36.3 Å². The van der Waals surface area contributed by atoms with Gasteiger partial charge in [0.15, 0.2) is 0 Å². The minimum absolute atomic E-state index is 0.556. The van der Waals surface area contributed by atoms with E-state index in [1.165, 1.54) is 103 Å². The van der Waals surface area contributed by atoms with E-state index in [2.05, 4.69) is 25.8 Å². The first-order valence-corrected chi connectivity index (χ1v) is 18.4. The Kier molecular flexibility index (Phi) is 13.4. The Morgan fingerprint density at radius 2 is 0.848 bits per heavy atom. The average Bonchev–Trinajstić information content (AvgIpc) is 2.83. The van der Waals surface area contributed by atoms with E-state index >= 15 is 0 Å². The van der Waals surface area contributed by atoms with Gasteiger partial charge in [0.05, 0.1) is 0 Å². The van der Waals surface area contributed by atoms with E-state index in [0.717, 1.165) is 11.8 Å². The maximum absolute atomic E-state index is 5.55. The molecule has 3 nitrogen and oxygen atoms in total. The summed E-state index contributed by atoms with van der Waals surface area (Å²) < 4.78 is 0. The molecule has 6 heteroatoms. The molecular weight excluding hydrogens is 485 g/mol. The second-order valence-electron chi connectivity index (χ2n) is 11.5. The van der Waals surface area contributed by atoms with E-state index in [9.17, 15) is 0 Å². The molecule has 0 saturated heterocycles. The Morgan fingerprint density at radius 3 is 1.21 bits per heavy atom. The molecule has 192 valence electrons. The van der Waals surface area contributed by atoms with Crippen LogP contribution in [-0.4, -0.2) is 48.2 Å². The zero-order valence-electron chi connectivity index (χ0n) is 21.5. The first-order valence-electron chi connectivity index (χ1n) is 14.1. The SMILES string of the molecule is CC1CCCCC1[N-]C1CCCCC1N(C)C1CCCCC1[N-]C1CCCCC1C.[Cl][Ti][Cl]. The predicted molar refractivity (Wildman–Crippen MR) is 141 cm³/mol. The molecule has 0 aromatic carbocycles. The fourth-order valence-corrected chi connectivity index (χ4v) is 7.26. The van der Waals surface area contributed by atoms with Gasteiger partial charge in [-0.15, -0.1) is 24.2 Å². The molecule has 0 heterocycles. The molecule has 4 aliphatic carbocycles. The van der Waals surface area contributed by atoms with Gasteiger partial charge in [0.2, 0.25) is 0 Å². The van der Waals surface area contributed by atoms with Crippen LogP contribution in [0.1, 0.15) is 117 Å². The molecule has 0 aromatic rings. The van der Waals surface area contributed by atoms with E-state index in [1.54, 1.807) is 0 Å². The van der Waals surface area contributed by atoms with Crippen molar-refractivity contribution >= 4 is 18.6 Å². The summed E-state index contributed by atoms with van der Waals surface area (Å²) in [6, 6.07) is 3.74. The predicted octanol–water partition coefficient (Wildman–Crippen LogP) is 8.82. The van der Waals surface area contributed by atoms with Crippen LogP contribution in [0.2, 0.25) is 0 Å². The standard InChI is InChI=1S/C27H49N3.2ClH.Ti/c1-20-12-4-6-14-22(20)28-24-16-8-10-18-26(24)30(3)27-19-11-9-17-25(27)29-23-15-7-5-13-21(23)2;;;/h20-27H,4-19H2,1-3H3;2*1H;/q-2;;;+2/p-2. The molecule has 0 N–H and O–H groups in total. The Bertz CT molecular complexity index is 495. The summed E-state index contributed by atoms with van der Waals surface area (Å²) in [7, 11) is 12.2. The van der Waals surface area contributed by atoms with Crippen molar-refractivity contribution in [3.05, 3.63) is 10.6 Å². The molecule has 8 atom stereocenters. The molecule has 0 aliphatic heterocycles. The van der Waals surface area contributed by atoms with Crippen LogP contribution in [0.15, 0.2) is 0 Å². The summed E-state index contributed by atoms with van der Waals surface area (Å²) in [5, 5.41) is 11.1. The van der Waals surface area contributed by atoms with Crippen LogP contribution in [0, 0.1) is 11.8 Å². The molecule has 4 fully saturated rings. The Labute approximate surface area is 221 Å². The van der Waals surface area contributed by atoms with E-state index < -0.39 is 17.0 Å². The molecule has 0 aromatic heterocycles. The van der Waals surface area contributed by atoms with Gasteiger partial charge in [0.25, 0.3) is 0 Å². The summed E-state index contributed by atoms with van der Waals surface area (Å²) in [4.78, 5) is 2.81. The number of halogens is 2. The molecule has 33 heavy (non-hydrogen) atoms. The van der Waals surface area contributed by atoms with Crippen molar-refractivity contribution < 1.29 is 17.0 Å². The molecular formula is C27H49Cl2N3Ti-2. The quantitative estimate of drug-likeness (QED) is 0.313. The Morgan fingerprint density at radius 1 is 0.545 bits per heavy atom. The fourth-order valence-electron chi connectivity index (χ4n) is 7.26. The van der Waals surface area contributed by atoms with Crippen molar-refractivity contribution in [2.24, 2.45) is 11.8 Å². The molecule has 0 bridgehead atoms. The normalized spacial score (nSPS) is 40.1. The number of hydrogen-bond acceptors (Lipinski definition) is 1. The summed E-state index contributed by atoms with van der Waals surface area (Å²) in [6.45, 7) is 4.91. The number of nitrogens with zero attached hydrogens (tertiary/aromatic N) is 3. The maximum atomic E-state index is 5.55. The van der Waals surface area contributed by atoms with Gasteiger partial charge in [0, 0.05) is 0 Å². The van der Waals surface area contributed by atoms with Gasteiger partial charge in [-0.25, -0.2) is 0 Å². The van der Waals surface area contributed by atoms with Crippen molar-refractivity contribution in [1.29, 1.82) is 0 Å². The molecule has 4 aliphatic rings. The second kappa shape index (κ2) is 15.4. The minimum atomic E-state index is -0.556. The van der Waals surface area contributed by atoms with Crippen molar-refractivity contribution in [1.82, 2.24) is 4.90 Å². The topological polar surface area (TPSA) is 31.4 Å². The first-order chi connectivity index (χ1) is 16.0. The van der Waals surface area contributed by atoms with Crippen molar-refractivity contribution in [2.75, 3.05) is 7.05 Å². The zero-order valence-corrected chi connectivity index (χ0v) is 24.6. The summed E-state index contributed by atoms with van der Waals surface area (Å²) in [5.41, 5.74) is 0. The van der Waals surface area contributed by atoms with Crippen molar-refractivity contribution in [3.63, 3.8) is 0 Å². The van der Waals surface area contributed by atoms with Crippen LogP contribution in [-0.2, 0) is 17.0 Å². The fraction of sp³-hybridized carbons (Fsp3) is 1.00. The van der Waals surface area contributed by atoms with Crippen LogP contribution in [0.25, 0.3) is 10.6 Å². The number of rotatable bonds is 6. The number of hydrogen-bond donors (Lipinski definition) is 0. The van der Waals surface area contributed by atoms with Crippen LogP contribution < -0.4 is 0 Å². The van der Waals surface area contributed by atoms with E-state index in [4.69, 9.17) is 29.2 Å². The molecule has 0 radical (unpaired) electrons. The molecule has 0 amide bonds. The number of likely N-dealkylation sites (N-methyl/N-ethyl adjacent to an activating group) is 1. The second-order valence-corrected chi connectivity index (χ2v) is 14.1. The third kappa shape index (κ3) is 8.62. The van der Waals surface area contributed by atoms with Gasteiger partial charge in [-0.1, -0.05) is 116 Å². The van der Waals surface area contributed by atoms with Crippen LogP contribution in [0.3, 0.4) is 0 Å². The van der Waals surface area contributed by atoms with Crippen molar-refractivity contribution in [2.45, 2.75) is 153 Å². The summed E-state index contributed by atoms with van der Waals surface area (Å²) >= 11 is -0.556. The van der Waals surface area contributed by atoms with Crippen LogP contribution in [0.4, 0.5) is 0 Å². The Hall–Kier alpha value is 1.17. The first kappa shape index (κ1) is 28.7. The van der Waals surface area contributed by atoms with Crippen LogP contribution >= 0.6 is 18.6 Å². The van der Waals surface area contributed by atoms with Gasteiger partial charge >= 0.3 is 35.6 Å². The Balaban J connectivity index is 0.000000968.